The summed E-state index contributed by atoms with van der Waals surface area (Å²) in [6, 6.07) is 17.1. The van der Waals surface area contributed by atoms with E-state index in [0.717, 1.165) is 53.5 Å². The minimum absolute atomic E-state index is 0.282. The van der Waals surface area contributed by atoms with Crippen molar-refractivity contribution in [1.82, 2.24) is 4.90 Å². The molecule has 0 spiro atoms. The standard InChI is InChI=1S/C25H23Br2Cl2N3O2/c1-34-24-19(12-17(26)13-20(24)27)25(33)30-18-6-7-23(22(29)14-18)32-10-8-31(9-11-32)15-16-4-2-3-5-21(16)28/h2-7,12-14H,8-11,15H2,1H3,(H,30,33). The van der Waals surface area contributed by atoms with Crippen LogP contribution < -0.4 is 15.0 Å². The SMILES string of the molecule is COc1c(Br)cc(Br)cc1C(=O)Nc1ccc(N2CCN(Cc3ccccc3Cl)CC2)c(Cl)c1. The molecule has 3 aromatic carbocycles. The number of amides is 1. The molecule has 1 fully saturated rings. The van der Waals surface area contributed by atoms with E-state index in [2.05, 4.69) is 53.0 Å². The average Bonchev–Trinajstić information content (AvgIpc) is 2.81. The number of carbonyl (C=O) groups is 1. The van der Waals surface area contributed by atoms with Crippen LogP contribution in [0.2, 0.25) is 10.0 Å². The Morgan fingerprint density at radius 1 is 1.00 bits per heavy atom. The van der Waals surface area contributed by atoms with Gasteiger partial charge in [0.15, 0.2) is 0 Å². The number of carbonyl (C=O) groups excluding carboxylic acids is 1. The number of halogens is 4. The molecule has 0 saturated carbocycles. The smallest absolute Gasteiger partial charge is 0.259 e. The average molecular weight is 628 g/mol. The summed E-state index contributed by atoms with van der Waals surface area (Å²) < 4.78 is 6.85. The van der Waals surface area contributed by atoms with E-state index in [1.807, 2.05) is 36.4 Å². The number of hydrogen-bond donors (Lipinski definition) is 1. The van der Waals surface area contributed by atoms with Crippen LogP contribution in [0.1, 0.15) is 15.9 Å². The molecule has 0 aromatic heterocycles. The quantitative estimate of drug-likeness (QED) is 0.317. The summed E-state index contributed by atoms with van der Waals surface area (Å²) >= 11 is 19.8. The van der Waals surface area contributed by atoms with Gasteiger partial charge in [-0.3, -0.25) is 9.69 Å². The summed E-state index contributed by atoms with van der Waals surface area (Å²) in [7, 11) is 1.53. The number of anilines is 2. The largest absolute Gasteiger partial charge is 0.495 e. The Hall–Kier alpha value is -1.77. The van der Waals surface area contributed by atoms with Crippen molar-refractivity contribution in [3.63, 3.8) is 0 Å². The van der Waals surface area contributed by atoms with Crippen molar-refractivity contribution >= 4 is 72.3 Å². The molecule has 3 aromatic rings. The Bertz CT molecular complexity index is 1200. The summed E-state index contributed by atoms with van der Waals surface area (Å²) in [6.07, 6.45) is 0. The fourth-order valence-electron chi connectivity index (χ4n) is 3.99. The van der Waals surface area contributed by atoms with Gasteiger partial charge in [-0.2, -0.15) is 0 Å². The topological polar surface area (TPSA) is 44.8 Å². The van der Waals surface area contributed by atoms with Gasteiger partial charge in [-0.15, -0.1) is 0 Å². The second kappa shape index (κ2) is 11.3. The molecular formula is C25H23Br2Cl2N3O2. The minimum atomic E-state index is -0.282. The lowest BCUT2D eigenvalue weighted by Gasteiger charge is -2.36. The number of rotatable bonds is 6. The zero-order valence-corrected chi connectivity index (χ0v) is 23.1. The van der Waals surface area contributed by atoms with Gasteiger partial charge in [0.25, 0.3) is 5.91 Å². The predicted octanol–water partition coefficient (Wildman–Crippen LogP) is 7.10. The summed E-state index contributed by atoms with van der Waals surface area (Å²) in [5, 5.41) is 4.31. The highest BCUT2D eigenvalue weighted by Crippen LogP contribution is 2.34. The summed E-state index contributed by atoms with van der Waals surface area (Å²) in [5.74, 6) is 0.189. The Morgan fingerprint density at radius 2 is 1.74 bits per heavy atom. The number of methoxy groups -OCH3 is 1. The number of hydrogen-bond acceptors (Lipinski definition) is 4. The molecule has 0 bridgehead atoms. The van der Waals surface area contributed by atoms with Crippen LogP contribution in [-0.2, 0) is 6.54 Å². The number of benzene rings is 3. The van der Waals surface area contributed by atoms with E-state index in [4.69, 9.17) is 27.9 Å². The minimum Gasteiger partial charge on any atom is -0.495 e. The van der Waals surface area contributed by atoms with Crippen LogP contribution in [0.15, 0.2) is 63.5 Å². The maximum atomic E-state index is 12.9. The molecule has 1 aliphatic rings. The van der Waals surface area contributed by atoms with E-state index in [0.29, 0.717) is 26.5 Å². The van der Waals surface area contributed by atoms with Gasteiger partial charge >= 0.3 is 0 Å². The number of nitrogens with zero attached hydrogens (tertiary/aromatic N) is 2. The van der Waals surface area contributed by atoms with Crippen molar-refractivity contribution in [1.29, 1.82) is 0 Å². The second-order valence-corrected chi connectivity index (χ2v) is 10.5. The van der Waals surface area contributed by atoms with Crippen LogP contribution in [-0.4, -0.2) is 44.1 Å². The Balaban J connectivity index is 1.40. The first-order valence-electron chi connectivity index (χ1n) is 10.7. The van der Waals surface area contributed by atoms with Crippen LogP contribution in [0, 0.1) is 0 Å². The molecule has 1 amide bonds. The van der Waals surface area contributed by atoms with Gasteiger partial charge in [0.05, 0.1) is 27.9 Å². The number of piperazine rings is 1. The molecule has 1 aliphatic heterocycles. The molecule has 1 saturated heterocycles. The highest BCUT2D eigenvalue weighted by Gasteiger charge is 2.21. The fourth-order valence-corrected chi connectivity index (χ4v) is 5.87. The van der Waals surface area contributed by atoms with Crippen molar-refractivity contribution in [2.45, 2.75) is 6.54 Å². The lowest BCUT2D eigenvalue weighted by Crippen LogP contribution is -2.46. The monoisotopic (exact) mass is 625 g/mol. The fraction of sp³-hybridized carbons (Fsp3) is 0.240. The second-order valence-electron chi connectivity index (χ2n) is 7.94. The van der Waals surface area contributed by atoms with Gasteiger partial charge in [-0.05, 0) is 57.9 Å². The van der Waals surface area contributed by atoms with E-state index in [1.54, 1.807) is 12.1 Å². The highest BCUT2D eigenvalue weighted by atomic mass is 79.9. The van der Waals surface area contributed by atoms with E-state index >= 15 is 0 Å². The first-order chi connectivity index (χ1) is 16.4. The predicted molar refractivity (Wildman–Crippen MR) is 147 cm³/mol. The van der Waals surface area contributed by atoms with Crippen molar-refractivity contribution in [2.24, 2.45) is 0 Å². The van der Waals surface area contributed by atoms with E-state index in [1.165, 1.54) is 7.11 Å². The third-order valence-corrected chi connectivity index (χ3v) is 7.45. The van der Waals surface area contributed by atoms with Gasteiger partial charge in [0.1, 0.15) is 5.75 Å². The van der Waals surface area contributed by atoms with Crippen molar-refractivity contribution in [3.8, 4) is 5.75 Å². The van der Waals surface area contributed by atoms with Crippen LogP contribution >= 0.6 is 55.1 Å². The van der Waals surface area contributed by atoms with Crippen molar-refractivity contribution < 1.29 is 9.53 Å². The van der Waals surface area contributed by atoms with Gasteiger partial charge < -0.3 is 15.0 Å². The maximum absolute atomic E-state index is 12.9. The van der Waals surface area contributed by atoms with Gasteiger partial charge in [-0.1, -0.05) is 57.3 Å². The zero-order valence-electron chi connectivity index (χ0n) is 18.5. The molecule has 0 aliphatic carbocycles. The Morgan fingerprint density at radius 3 is 2.41 bits per heavy atom. The molecule has 4 rings (SSSR count). The summed E-state index contributed by atoms with van der Waals surface area (Å²) in [5.41, 5.74) is 3.14. The van der Waals surface area contributed by atoms with Gasteiger partial charge in [-0.25, -0.2) is 0 Å². The maximum Gasteiger partial charge on any atom is 0.259 e. The van der Waals surface area contributed by atoms with Crippen molar-refractivity contribution in [2.75, 3.05) is 43.5 Å². The van der Waals surface area contributed by atoms with Crippen LogP contribution in [0.5, 0.6) is 5.75 Å². The summed E-state index contributed by atoms with van der Waals surface area (Å²) in [6.45, 7) is 4.38. The molecule has 1 heterocycles. The van der Waals surface area contributed by atoms with Crippen LogP contribution in [0.25, 0.3) is 0 Å². The molecule has 178 valence electrons. The highest BCUT2D eigenvalue weighted by molar-refractivity contribution is 9.11. The molecule has 9 heteroatoms. The molecule has 34 heavy (non-hydrogen) atoms. The molecule has 5 nitrogen and oxygen atoms in total. The van der Waals surface area contributed by atoms with E-state index in [9.17, 15) is 4.79 Å². The number of ether oxygens (including phenoxy) is 1. The van der Waals surface area contributed by atoms with Crippen LogP contribution in [0.3, 0.4) is 0 Å². The Kier molecular flexibility index (Phi) is 8.43. The van der Waals surface area contributed by atoms with E-state index in [-0.39, 0.29) is 5.91 Å². The third-order valence-electron chi connectivity index (χ3n) is 5.73. The Labute approximate surface area is 226 Å². The number of nitrogens with one attached hydrogen (secondary N) is 1. The van der Waals surface area contributed by atoms with Gasteiger partial charge in [0.2, 0.25) is 0 Å². The zero-order chi connectivity index (χ0) is 24.2. The first kappa shape index (κ1) is 25.3. The van der Waals surface area contributed by atoms with Crippen LogP contribution in [0.4, 0.5) is 11.4 Å². The molecule has 0 unspecified atom stereocenters. The molecule has 0 atom stereocenters. The molecule has 0 radical (unpaired) electrons. The first-order valence-corrected chi connectivity index (χ1v) is 13.0. The summed E-state index contributed by atoms with van der Waals surface area (Å²) in [4.78, 5) is 17.6. The lowest BCUT2D eigenvalue weighted by molar-refractivity contribution is 0.102. The molecule has 1 N–H and O–H groups in total. The normalized spacial score (nSPS) is 14.2. The van der Waals surface area contributed by atoms with Gasteiger partial charge in [0, 0.05) is 47.9 Å². The molecular weight excluding hydrogens is 605 g/mol. The van der Waals surface area contributed by atoms with E-state index < -0.39 is 0 Å². The third kappa shape index (κ3) is 5.89. The lowest BCUT2D eigenvalue weighted by atomic mass is 10.1. The van der Waals surface area contributed by atoms with Crippen molar-refractivity contribution in [3.05, 3.63) is 84.7 Å².